The largest absolute Gasteiger partial charge is 0.444 e. The molecule has 3 saturated carbocycles. The van der Waals surface area contributed by atoms with Crippen molar-refractivity contribution in [2.75, 3.05) is 6.54 Å². The van der Waals surface area contributed by atoms with Gasteiger partial charge in [0.15, 0.2) is 0 Å². The number of benzene rings is 1. The maximum absolute atomic E-state index is 13.7. The standard InChI is InChI=1S/C29H36ClIN4O7S/c30-22-8-4-7-18-14-34(16-21(18)22)28(39)42-19-12-23(35(15-19)25(36)11-17-5-2-1-3-6-17)26(37)32-29(13-24(29)31)27(38)33-43(40,41)20-9-10-20/h4,7-8,17,19-20,23-24H,1-3,5-6,9-16H2,(H,32,37)(H,33,38)/t19-,23+,24-,29-/m1/s1. The van der Waals surface area contributed by atoms with Gasteiger partial charge in [0.05, 0.1) is 18.3 Å². The van der Waals surface area contributed by atoms with Crippen molar-refractivity contribution in [3.05, 3.63) is 34.3 Å². The van der Waals surface area contributed by atoms with E-state index >= 15 is 0 Å². The van der Waals surface area contributed by atoms with Crippen molar-refractivity contribution in [2.24, 2.45) is 5.92 Å². The summed E-state index contributed by atoms with van der Waals surface area (Å²) in [5.41, 5.74) is 0.453. The molecule has 5 aliphatic rings. The normalized spacial score (nSPS) is 28.7. The van der Waals surface area contributed by atoms with E-state index in [9.17, 15) is 27.6 Å². The quantitative estimate of drug-likeness (QED) is 0.307. The summed E-state index contributed by atoms with van der Waals surface area (Å²) in [6, 6.07) is 4.57. The first-order chi connectivity index (χ1) is 20.5. The van der Waals surface area contributed by atoms with E-state index in [1.807, 2.05) is 34.7 Å². The predicted molar refractivity (Wildman–Crippen MR) is 166 cm³/mol. The third kappa shape index (κ3) is 6.49. The van der Waals surface area contributed by atoms with Gasteiger partial charge in [0.2, 0.25) is 21.8 Å². The zero-order valence-corrected chi connectivity index (χ0v) is 27.5. The molecule has 0 bridgehead atoms. The molecule has 4 amide bonds. The van der Waals surface area contributed by atoms with Gasteiger partial charge in [-0.2, -0.15) is 0 Å². The summed E-state index contributed by atoms with van der Waals surface area (Å²) >= 11 is 8.34. The minimum atomic E-state index is -3.79. The van der Waals surface area contributed by atoms with Gasteiger partial charge in [0, 0.05) is 28.3 Å². The summed E-state index contributed by atoms with van der Waals surface area (Å²) in [5, 5.41) is 2.80. The number of halogens is 2. The molecule has 1 aromatic rings. The van der Waals surface area contributed by atoms with Gasteiger partial charge < -0.3 is 15.0 Å². The molecule has 4 fully saturated rings. The first-order valence-corrected chi connectivity index (χ1v) is 18.2. The number of hydrogen-bond donors (Lipinski definition) is 2. The molecule has 0 spiro atoms. The zero-order valence-electron chi connectivity index (χ0n) is 23.7. The van der Waals surface area contributed by atoms with Crippen molar-refractivity contribution in [3.63, 3.8) is 0 Å². The van der Waals surface area contributed by atoms with Crippen LogP contribution in [0.3, 0.4) is 0 Å². The fourth-order valence-electron chi connectivity index (χ4n) is 6.52. The van der Waals surface area contributed by atoms with Crippen LogP contribution in [0.15, 0.2) is 18.2 Å². The lowest BCUT2D eigenvalue weighted by atomic mass is 9.86. The fourth-order valence-corrected chi connectivity index (χ4v) is 9.27. The van der Waals surface area contributed by atoms with Crippen LogP contribution in [0, 0.1) is 5.92 Å². The Hall–Kier alpha value is -2.13. The van der Waals surface area contributed by atoms with Crippen molar-refractivity contribution in [2.45, 2.75) is 104 Å². The molecule has 2 N–H and O–H groups in total. The molecule has 0 radical (unpaired) electrons. The van der Waals surface area contributed by atoms with Crippen LogP contribution in [0.5, 0.6) is 0 Å². The third-order valence-electron chi connectivity index (χ3n) is 9.35. The first kappa shape index (κ1) is 30.9. The number of amides is 4. The number of fused-ring (bicyclic) bond motifs is 1. The Morgan fingerprint density at radius 2 is 1.79 bits per heavy atom. The van der Waals surface area contributed by atoms with Crippen LogP contribution in [0.2, 0.25) is 5.02 Å². The molecular weight excluding hydrogens is 711 g/mol. The number of ether oxygens (including phenoxy) is 1. The molecule has 2 heterocycles. The number of carbonyl (C=O) groups excluding carboxylic acids is 4. The minimum absolute atomic E-state index is 0.0693. The van der Waals surface area contributed by atoms with Crippen LogP contribution < -0.4 is 10.0 Å². The van der Waals surface area contributed by atoms with E-state index in [0.29, 0.717) is 37.4 Å². The molecule has 1 aromatic carbocycles. The molecule has 14 heteroatoms. The van der Waals surface area contributed by atoms with Gasteiger partial charge in [0.25, 0.3) is 5.91 Å². The molecule has 11 nitrogen and oxygen atoms in total. The molecule has 6 rings (SSSR count). The van der Waals surface area contributed by atoms with Gasteiger partial charge >= 0.3 is 6.09 Å². The molecular formula is C29H36ClIN4O7S. The van der Waals surface area contributed by atoms with Gasteiger partial charge in [-0.05, 0) is 55.2 Å². The lowest BCUT2D eigenvalue weighted by molar-refractivity contribution is -0.140. The SMILES string of the molecule is O=C(N[C@]1(C(=O)NS(=O)(=O)C2CC2)C[C@H]1I)[C@@H]1C[C@@H](OC(=O)N2Cc3cccc(Cl)c3C2)CN1C(=O)CC1CCCCC1. The molecule has 43 heavy (non-hydrogen) atoms. The molecule has 4 atom stereocenters. The van der Waals surface area contributed by atoms with E-state index in [0.717, 1.165) is 43.2 Å². The fraction of sp³-hybridized carbons (Fsp3) is 0.655. The highest BCUT2D eigenvalue weighted by molar-refractivity contribution is 14.1. The molecule has 234 valence electrons. The lowest BCUT2D eigenvalue weighted by Gasteiger charge is -2.28. The van der Waals surface area contributed by atoms with E-state index in [1.54, 1.807) is 11.0 Å². The number of sulfonamides is 1. The average Bonchev–Trinajstić information content (AvgIpc) is 3.83. The van der Waals surface area contributed by atoms with Crippen molar-refractivity contribution in [1.82, 2.24) is 19.8 Å². The van der Waals surface area contributed by atoms with Gasteiger partial charge in [-0.1, -0.05) is 65.6 Å². The van der Waals surface area contributed by atoms with Gasteiger partial charge in [-0.15, -0.1) is 0 Å². The highest BCUT2D eigenvalue weighted by Gasteiger charge is 2.62. The van der Waals surface area contributed by atoms with Crippen LogP contribution in [-0.2, 0) is 42.2 Å². The van der Waals surface area contributed by atoms with Crippen LogP contribution in [0.1, 0.15) is 75.3 Å². The number of nitrogens with zero attached hydrogens (tertiary/aromatic N) is 2. The lowest BCUT2D eigenvalue weighted by Crippen LogP contribution is -2.57. The molecule has 2 aliphatic heterocycles. The van der Waals surface area contributed by atoms with Crippen LogP contribution in [-0.4, -0.2) is 75.4 Å². The van der Waals surface area contributed by atoms with Crippen LogP contribution >= 0.6 is 34.2 Å². The van der Waals surface area contributed by atoms with Gasteiger partial charge in [-0.3, -0.25) is 24.0 Å². The number of nitrogens with one attached hydrogen (secondary N) is 2. The van der Waals surface area contributed by atoms with Crippen molar-refractivity contribution >= 4 is 68.0 Å². The summed E-state index contributed by atoms with van der Waals surface area (Å²) in [7, 11) is -3.79. The second-order valence-corrected chi connectivity index (χ2v) is 16.4. The Morgan fingerprint density at radius 3 is 2.44 bits per heavy atom. The van der Waals surface area contributed by atoms with Gasteiger partial charge in [-0.25, -0.2) is 13.2 Å². The Labute approximate surface area is 270 Å². The van der Waals surface area contributed by atoms with E-state index in [2.05, 4.69) is 10.0 Å². The second-order valence-electron chi connectivity index (χ2n) is 12.6. The first-order valence-electron chi connectivity index (χ1n) is 15.0. The molecule has 1 saturated heterocycles. The number of alkyl halides is 1. The summed E-state index contributed by atoms with van der Waals surface area (Å²) in [6.45, 7) is 0.737. The smallest absolute Gasteiger partial charge is 0.410 e. The summed E-state index contributed by atoms with van der Waals surface area (Å²) in [4.78, 5) is 56.6. The third-order valence-corrected chi connectivity index (χ3v) is 13.0. The predicted octanol–water partition coefficient (Wildman–Crippen LogP) is 3.40. The molecule has 0 unspecified atom stereocenters. The van der Waals surface area contributed by atoms with Crippen molar-refractivity contribution in [3.8, 4) is 0 Å². The van der Waals surface area contributed by atoms with Crippen molar-refractivity contribution in [1.29, 1.82) is 0 Å². The Morgan fingerprint density at radius 1 is 1.07 bits per heavy atom. The summed E-state index contributed by atoms with van der Waals surface area (Å²) in [6.07, 6.45) is 5.64. The number of carbonyl (C=O) groups is 4. The molecule has 0 aromatic heterocycles. The van der Waals surface area contributed by atoms with E-state index in [4.69, 9.17) is 16.3 Å². The minimum Gasteiger partial charge on any atom is -0.444 e. The Balaban J connectivity index is 1.14. The average molecular weight is 747 g/mol. The Bertz CT molecular complexity index is 1430. The number of hydrogen-bond acceptors (Lipinski definition) is 7. The molecule has 3 aliphatic carbocycles. The van der Waals surface area contributed by atoms with Gasteiger partial charge in [0.1, 0.15) is 17.7 Å². The topological polar surface area (TPSA) is 142 Å². The Kier molecular flexibility index (Phi) is 8.61. The summed E-state index contributed by atoms with van der Waals surface area (Å²) in [5.74, 6) is -1.23. The zero-order chi connectivity index (χ0) is 30.5. The maximum atomic E-state index is 13.7. The van der Waals surface area contributed by atoms with Crippen molar-refractivity contribution < 1.29 is 32.3 Å². The highest BCUT2D eigenvalue weighted by Crippen LogP contribution is 2.44. The van der Waals surface area contributed by atoms with E-state index in [1.165, 1.54) is 4.90 Å². The monoisotopic (exact) mass is 746 g/mol. The maximum Gasteiger partial charge on any atom is 0.410 e. The number of rotatable bonds is 8. The number of likely N-dealkylation sites (tertiary alicyclic amines) is 1. The van der Waals surface area contributed by atoms with E-state index in [-0.39, 0.29) is 35.1 Å². The van der Waals surface area contributed by atoms with E-state index < -0.39 is 50.9 Å². The summed E-state index contributed by atoms with van der Waals surface area (Å²) < 4.78 is 32.6. The van der Waals surface area contributed by atoms with Crippen LogP contribution in [0.4, 0.5) is 4.79 Å². The van der Waals surface area contributed by atoms with Crippen LogP contribution in [0.25, 0.3) is 0 Å². The highest BCUT2D eigenvalue weighted by atomic mass is 127. The second kappa shape index (κ2) is 12.0.